The number of benzene rings is 1. The van der Waals surface area contributed by atoms with Crippen LogP contribution in [-0.2, 0) is 9.53 Å². The summed E-state index contributed by atoms with van der Waals surface area (Å²) in [5.74, 6) is 0.731. The number of carbonyl (C=O) groups is 1. The smallest absolute Gasteiger partial charge is 0.276 e. The summed E-state index contributed by atoms with van der Waals surface area (Å²) in [7, 11) is 1.66. The van der Waals surface area contributed by atoms with Gasteiger partial charge in [-0.1, -0.05) is 19.9 Å². The van der Waals surface area contributed by atoms with Crippen LogP contribution in [0.1, 0.15) is 25.8 Å². The summed E-state index contributed by atoms with van der Waals surface area (Å²) in [5, 5.41) is 6.00. The molecule has 7 heteroatoms. The minimum Gasteiger partial charge on any atom is -0.443 e. The Morgan fingerprint density at radius 1 is 1.40 bits per heavy atom. The third kappa shape index (κ3) is 4.24. The highest BCUT2D eigenvalue weighted by Crippen LogP contribution is 2.18. The van der Waals surface area contributed by atoms with Gasteiger partial charge in [-0.3, -0.25) is 10.1 Å². The van der Waals surface area contributed by atoms with Crippen molar-refractivity contribution in [1.82, 2.24) is 15.6 Å². The van der Waals surface area contributed by atoms with E-state index >= 15 is 0 Å². The molecule has 2 N–H and O–H groups in total. The van der Waals surface area contributed by atoms with Crippen molar-refractivity contribution in [1.29, 1.82) is 0 Å². The molecular formula is C18H22N4O3. The number of aromatic nitrogens is 1. The van der Waals surface area contributed by atoms with E-state index in [1.165, 1.54) is 6.39 Å². The number of guanidine groups is 1. The van der Waals surface area contributed by atoms with Gasteiger partial charge in [-0.15, -0.1) is 0 Å². The van der Waals surface area contributed by atoms with Crippen LogP contribution in [0.5, 0.6) is 0 Å². The molecule has 1 aromatic carbocycles. The lowest BCUT2D eigenvalue weighted by Gasteiger charge is -2.20. The number of carbonyl (C=O) groups excluding carboxylic acids is 1. The number of nitrogens with one attached hydrogen (secondary N) is 2. The first-order valence-corrected chi connectivity index (χ1v) is 8.25. The number of aliphatic imine (C=N–C) groups is 1. The van der Waals surface area contributed by atoms with Crippen LogP contribution >= 0.6 is 0 Å². The lowest BCUT2D eigenvalue weighted by atomic mass is 10.0. The molecule has 2 aromatic rings. The maximum atomic E-state index is 12.2. The highest BCUT2D eigenvalue weighted by atomic mass is 16.5. The van der Waals surface area contributed by atoms with E-state index in [1.54, 1.807) is 13.2 Å². The molecule has 0 bridgehead atoms. The van der Waals surface area contributed by atoms with Crippen LogP contribution in [0.3, 0.4) is 0 Å². The fourth-order valence-electron chi connectivity index (χ4n) is 2.79. The normalized spacial score (nSPS) is 17.2. The van der Waals surface area contributed by atoms with Gasteiger partial charge < -0.3 is 14.5 Å². The van der Waals surface area contributed by atoms with E-state index in [2.05, 4.69) is 34.5 Å². The number of nitrogens with zero attached hydrogens (tertiary/aromatic N) is 2. The van der Waals surface area contributed by atoms with Gasteiger partial charge in [0.1, 0.15) is 11.2 Å². The quantitative estimate of drug-likeness (QED) is 0.787. The van der Waals surface area contributed by atoms with Crippen LogP contribution in [0.25, 0.3) is 17.2 Å². The van der Waals surface area contributed by atoms with E-state index in [0.29, 0.717) is 29.8 Å². The molecule has 0 spiro atoms. The summed E-state index contributed by atoms with van der Waals surface area (Å²) in [4.78, 5) is 20.6. The summed E-state index contributed by atoms with van der Waals surface area (Å²) < 4.78 is 10.5. The van der Waals surface area contributed by atoms with Crippen LogP contribution in [-0.4, -0.2) is 36.6 Å². The summed E-state index contributed by atoms with van der Waals surface area (Å²) in [6, 6.07) is 5.64. The van der Waals surface area contributed by atoms with Gasteiger partial charge in [0.2, 0.25) is 5.96 Å². The first kappa shape index (κ1) is 17.2. The number of hydrogen-bond acceptors (Lipinski definition) is 6. The van der Waals surface area contributed by atoms with Crippen molar-refractivity contribution < 1.29 is 13.9 Å². The Morgan fingerprint density at radius 3 is 3.00 bits per heavy atom. The lowest BCUT2D eigenvalue weighted by molar-refractivity contribution is -0.115. The molecular weight excluding hydrogens is 320 g/mol. The zero-order valence-corrected chi connectivity index (χ0v) is 14.6. The summed E-state index contributed by atoms with van der Waals surface area (Å²) in [5.41, 5.74) is 2.63. The van der Waals surface area contributed by atoms with Crippen molar-refractivity contribution in [2.75, 3.05) is 13.7 Å². The van der Waals surface area contributed by atoms with E-state index < -0.39 is 0 Å². The van der Waals surface area contributed by atoms with Crippen LogP contribution in [0.15, 0.2) is 39.7 Å². The predicted molar refractivity (Wildman–Crippen MR) is 95.8 cm³/mol. The largest absolute Gasteiger partial charge is 0.443 e. The minimum absolute atomic E-state index is 0.0916. The van der Waals surface area contributed by atoms with Crippen molar-refractivity contribution >= 4 is 29.0 Å². The van der Waals surface area contributed by atoms with E-state index in [9.17, 15) is 4.79 Å². The Morgan fingerprint density at radius 2 is 2.24 bits per heavy atom. The predicted octanol–water partition coefficient (Wildman–Crippen LogP) is 2.31. The molecule has 0 fully saturated rings. The van der Waals surface area contributed by atoms with Crippen LogP contribution < -0.4 is 10.6 Å². The number of oxazole rings is 1. The first-order chi connectivity index (χ1) is 12.0. The van der Waals surface area contributed by atoms with Gasteiger partial charge >= 0.3 is 0 Å². The molecule has 0 saturated heterocycles. The third-order valence-electron chi connectivity index (χ3n) is 3.82. The van der Waals surface area contributed by atoms with Gasteiger partial charge in [0.25, 0.3) is 5.91 Å². The summed E-state index contributed by atoms with van der Waals surface area (Å²) in [6.07, 6.45) is 4.04. The molecule has 7 nitrogen and oxygen atoms in total. The first-order valence-electron chi connectivity index (χ1n) is 8.25. The molecule has 1 atom stereocenters. The second kappa shape index (κ2) is 7.48. The second-order valence-electron chi connectivity index (χ2n) is 6.45. The van der Waals surface area contributed by atoms with Crippen molar-refractivity contribution in [3.05, 3.63) is 35.9 Å². The lowest BCUT2D eigenvalue weighted by Crippen LogP contribution is -2.45. The number of ether oxygens (including phenoxy) is 1. The molecule has 2 heterocycles. The fourth-order valence-corrected chi connectivity index (χ4v) is 2.79. The number of hydrogen-bond donors (Lipinski definition) is 2. The maximum absolute atomic E-state index is 12.2. The molecule has 132 valence electrons. The molecule has 1 amide bonds. The maximum Gasteiger partial charge on any atom is 0.276 e. The monoisotopic (exact) mass is 342 g/mol. The summed E-state index contributed by atoms with van der Waals surface area (Å²) >= 11 is 0. The SMILES string of the molecule is COCC(CC(C)C)NC1=N/C(=C\c2ccc3ncoc3c2)C(=O)N1. The Hall–Kier alpha value is -2.67. The molecule has 1 unspecified atom stereocenters. The topological polar surface area (TPSA) is 88.8 Å². The van der Waals surface area contributed by atoms with Gasteiger partial charge in [-0.2, -0.15) is 0 Å². The van der Waals surface area contributed by atoms with E-state index in [-0.39, 0.29) is 11.9 Å². The number of amides is 1. The zero-order chi connectivity index (χ0) is 17.8. The Bertz CT molecular complexity index is 823. The van der Waals surface area contributed by atoms with E-state index in [4.69, 9.17) is 9.15 Å². The summed E-state index contributed by atoms with van der Waals surface area (Å²) in [6.45, 7) is 4.84. The number of rotatable bonds is 6. The minimum atomic E-state index is -0.235. The van der Waals surface area contributed by atoms with Crippen molar-refractivity contribution in [2.24, 2.45) is 10.9 Å². The van der Waals surface area contributed by atoms with Crippen LogP contribution in [0, 0.1) is 5.92 Å². The van der Waals surface area contributed by atoms with Crippen molar-refractivity contribution in [2.45, 2.75) is 26.3 Å². The van der Waals surface area contributed by atoms with Gasteiger partial charge in [0.05, 0.1) is 12.6 Å². The highest BCUT2D eigenvalue weighted by Gasteiger charge is 2.22. The van der Waals surface area contributed by atoms with Gasteiger partial charge in [-0.25, -0.2) is 9.98 Å². The van der Waals surface area contributed by atoms with E-state index in [1.807, 2.05) is 18.2 Å². The second-order valence-corrected chi connectivity index (χ2v) is 6.45. The third-order valence-corrected chi connectivity index (χ3v) is 3.82. The van der Waals surface area contributed by atoms with Gasteiger partial charge in [0.15, 0.2) is 12.0 Å². The molecule has 0 radical (unpaired) electrons. The molecule has 1 aliphatic heterocycles. The average molecular weight is 342 g/mol. The Kier molecular flexibility index (Phi) is 5.14. The van der Waals surface area contributed by atoms with Crippen LogP contribution in [0.4, 0.5) is 0 Å². The Balaban J connectivity index is 1.76. The average Bonchev–Trinajstić information content (AvgIpc) is 3.13. The Labute approximate surface area is 146 Å². The number of methoxy groups -OCH3 is 1. The molecule has 1 aromatic heterocycles. The molecule has 0 aliphatic carbocycles. The molecule has 3 rings (SSSR count). The van der Waals surface area contributed by atoms with Gasteiger partial charge in [0, 0.05) is 7.11 Å². The highest BCUT2D eigenvalue weighted by molar-refractivity contribution is 6.13. The van der Waals surface area contributed by atoms with Crippen molar-refractivity contribution in [3.63, 3.8) is 0 Å². The molecule has 0 saturated carbocycles. The van der Waals surface area contributed by atoms with Crippen LogP contribution in [0.2, 0.25) is 0 Å². The fraction of sp³-hybridized carbons (Fsp3) is 0.389. The zero-order valence-electron chi connectivity index (χ0n) is 14.6. The number of fused-ring (bicyclic) bond motifs is 1. The molecule has 25 heavy (non-hydrogen) atoms. The van der Waals surface area contributed by atoms with Crippen molar-refractivity contribution in [3.8, 4) is 0 Å². The standard InChI is InChI=1S/C18H22N4O3/c1-11(2)6-13(9-24-3)20-18-21-15(17(23)22-18)7-12-4-5-14-16(8-12)25-10-19-14/h4-5,7-8,10-11,13H,6,9H2,1-3H3,(H2,20,21,22,23)/b15-7-. The van der Waals surface area contributed by atoms with Gasteiger partial charge in [-0.05, 0) is 36.1 Å². The van der Waals surface area contributed by atoms with E-state index in [0.717, 1.165) is 17.5 Å². The molecule has 1 aliphatic rings.